The van der Waals surface area contributed by atoms with Gasteiger partial charge in [0.2, 0.25) is 5.91 Å². The molecule has 0 bridgehead atoms. The highest BCUT2D eigenvalue weighted by Crippen LogP contribution is 2.38. The van der Waals surface area contributed by atoms with Crippen molar-refractivity contribution in [3.8, 4) is 33.6 Å². The molecule has 11 nitrogen and oxygen atoms in total. The molecule has 0 radical (unpaired) electrons. The molecule has 252 valence electrons. The summed E-state index contributed by atoms with van der Waals surface area (Å²) in [6.07, 6.45) is 8.58. The van der Waals surface area contributed by atoms with Crippen LogP contribution in [-0.4, -0.2) is 69.6 Å². The Morgan fingerprint density at radius 2 is 1.33 bits per heavy atom. The van der Waals surface area contributed by atoms with E-state index in [1.807, 2.05) is 31.1 Å². The van der Waals surface area contributed by atoms with Gasteiger partial charge in [0, 0.05) is 12.5 Å². The molecular formula is C37H44N6O5. The van der Waals surface area contributed by atoms with Gasteiger partial charge in [-0.2, -0.15) is 0 Å². The number of ether oxygens (including phenoxy) is 2. The van der Waals surface area contributed by atoms with Gasteiger partial charge in [-0.3, -0.25) is 9.59 Å². The zero-order chi connectivity index (χ0) is 33.8. The fourth-order valence-corrected chi connectivity index (χ4v) is 7.09. The lowest BCUT2D eigenvalue weighted by Crippen LogP contribution is -2.51. The van der Waals surface area contributed by atoms with E-state index < -0.39 is 12.1 Å². The molecule has 2 aromatic carbocycles. The number of aromatic amines is 2. The van der Waals surface area contributed by atoms with Crippen molar-refractivity contribution in [2.75, 3.05) is 20.8 Å². The van der Waals surface area contributed by atoms with Crippen molar-refractivity contribution in [1.82, 2.24) is 30.2 Å². The summed E-state index contributed by atoms with van der Waals surface area (Å²) in [5, 5.41) is 2.69. The predicted octanol–water partition coefficient (Wildman–Crippen LogP) is 6.62. The Morgan fingerprint density at radius 1 is 0.771 bits per heavy atom. The Balaban J connectivity index is 1.12. The van der Waals surface area contributed by atoms with E-state index in [-0.39, 0.29) is 35.7 Å². The zero-order valence-corrected chi connectivity index (χ0v) is 28.0. The van der Waals surface area contributed by atoms with Crippen molar-refractivity contribution in [2.24, 2.45) is 11.8 Å². The van der Waals surface area contributed by atoms with Crippen molar-refractivity contribution in [2.45, 2.75) is 70.4 Å². The molecule has 3 N–H and O–H groups in total. The SMILES string of the molecule is COC(=O)N[C@H](C(=O)N1CCC[C@H]1c1ncc(-c2ccc(-c3ccc(-c4cnc([C@H]5CCCC[C@@H]5C(=O)OC)[nH]4)cc3)cc2)[nH]1)C(C)C. The second kappa shape index (κ2) is 14.5. The first-order chi connectivity index (χ1) is 23.3. The van der Waals surface area contributed by atoms with E-state index in [1.165, 1.54) is 14.2 Å². The number of hydrogen-bond donors (Lipinski definition) is 3. The van der Waals surface area contributed by atoms with Crippen LogP contribution < -0.4 is 5.32 Å². The van der Waals surface area contributed by atoms with Gasteiger partial charge in [0.05, 0.1) is 50.0 Å². The number of nitrogens with one attached hydrogen (secondary N) is 3. The van der Waals surface area contributed by atoms with Crippen LogP contribution in [0.5, 0.6) is 0 Å². The lowest BCUT2D eigenvalue weighted by Gasteiger charge is -2.30. The molecule has 0 spiro atoms. The second-order valence-corrected chi connectivity index (χ2v) is 13.1. The van der Waals surface area contributed by atoms with Gasteiger partial charge in [-0.15, -0.1) is 0 Å². The minimum atomic E-state index is -0.673. The molecule has 1 saturated heterocycles. The number of methoxy groups -OCH3 is 2. The van der Waals surface area contributed by atoms with Gasteiger partial charge in [0.15, 0.2) is 0 Å². The van der Waals surface area contributed by atoms with E-state index in [2.05, 4.69) is 73.8 Å². The Bertz CT molecular complexity index is 1730. The fraction of sp³-hybridized carbons (Fsp3) is 0.432. The van der Waals surface area contributed by atoms with Crippen LogP contribution in [-0.2, 0) is 19.1 Å². The van der Waals surface area contributed by atoms with Crippen LogP contribution >= 0.6 is 0 Å². The first-order valence-corrected chi connectivity index (χ1v) is 16.8. The van der Waals surface area contributed by atoms with E-state index in [4.69, 9.17) is 9.47 Å². The van der Waals surface area contributed by atoms with Crippen molar-refractivity contribution in [3.63, 3.8) is 0 Å². The highest BCUT2D eigenvalue weighted by atomic mass is 16.5. The number of aromatic nitrogens is 4. The first-order valence-electron chi connectivity index (χ1n) is 16.8. The highest BCUT2D eigenvalue weighted by molar-refractivity contribution is 5.86. The van der Waals surface area contributed by atoms with Crippen LogP contribution in [0.25, 0.3) is 33.6 Å². The number of likely N-dealkylation sites (tertiary alicyclic amines) is 1. The van der Waals surface area contributed by atoms with Crippen LogP contribution in [0.15, 0.2) is 60.9 Å². The number of imidazole rings is 2. The monoisotopic (exact) mass is 652 g/mol. The van der Waals surface area contributed by atoms with E-state index in [9.17, 15) is 14.4 Å². The van der Waals surface area contributed by atoms with Crippen molar-refractivity contribution in [3.05, 3.63) is 72.6 Å². The number of carbonyl (C=O) groups is 3. The molecule has 6 rings (SSSR count). The summed E-state index contributed by atoms with van der Waals surface area (Å²) in [5.74, 6) is 1.12. The maximum absolute atomic E-state index is 13.5. The first kappa shape index (κ1) is 33.0. The second-order valence-electron chi connectivity index (χ2n) is 13.1. The highest BCUT2D eigenvalue weighted by Gasteiger charge is 2.38. The van der Waals surface area contributed by atoms with Gasteiger partial charge in [-0.05, 0) is 53.9 Å². The summed E-state index contributed by atoms with van der Waals surface area (Å²) >= 11 is 0. The molecular weight excluding hydrogens is 608 g/mol. The lowest BCUT2D eigenvalue weighted by molar-refractivity contribution is -0.147. The van der Waals surface area contributed by atoms with Crippen molar-refractivity contribution >= 4 is 18.0 Å². The average molecular weight is 653 g/mol. The van der Waals surface area contributed by atoms with Crippen LogP contribution in [0.2, 0.25) is 0 Å². The smallest absolute Gasteiger partial charge is 0.407 e. The number of nitrogens with zero attached hydrogens (tertiary/aromatic N) is 3. The number of rotatable bonds is 9. The summed E-state index contributed by atoms with van der Waals surface area (Å²) < 4.78 is 9.81. The molecule has 4 atom stereocenters. The minimum absolute atomic E-state index is 0.0517. The zero-order valence-electron chi connectivity index (χ0n) is 28.0. The maximum atomic E-state index is 13.5. The van der Waals surface area contributed by atoms with Crippen molar-refractivity contribution < 1.29 is 23.9 Å². The number of esters is 1. The number of carbonyl (C=O) groups excluding carboxylic acids is 3. The van der Waals surface area contributed by atoms with Crippen molar-refractivity contribution in [1.29, 1.82) is 0 Å². The summed E-state index contributed by atoms with van der Waals surface area (Å²) in [4.78, 5) is 55.8. The van der Waals surface area contributed by atoms with Crippen LogP contribution in [0, 0.1) is 11.8 Å². The Labute approximate surface area is 280 Å². The molecule has 1 aliphatic carbocycles. The van der Waals surface area contributed by atoms with Gasteiger partial charge in [-0.1, -0.05) is 75.2 Å². The molecule has 11 heteroatoms. The molecule has 2 aromatic heterocycles. The number of benzene rings is 2. The molecule has 1 aliphatic heterocycles. The topological polar surface area (TPSA) is 142 Å². The Hall–Kier alpha value is -4.93. The molecule has 4 aromatic rings. The third-order valence-electron chi connectivity index (χ3n) is 9.78. The standard InChI is InChI=1S/C37H44N6O5/c1-22(2)32(42-37(46)48-4)35(44)43-19-7-10-31(43)34-39-21-30(41-34)26-17-13-24(14-18-26)23-11-15-25(16-12-23)29-20-38-33(40-29)27-8-5-6-9-28(27)36(45)47-3/h11-18,20-22,27-28,31-32H,5-10,19H2,1-4H3,(H,38,40)(H,39,41)(H,42,46)/t27-,28-,31-,32-/m0/s1. The molecule has 2 fully saturated rings. The van der Waals surface area contributed by atoms with Gasteiger partial charge >= 0.3 is 12.1 Å². The summed E-state index contributed by atoms with van der Waals surface area (Å²) in [5.41, 5.74) is 6.01. The number of alkyl carbamates (subject to hydrolysis) is 1. The third-order valence-corrected chi connectivity index (χ3v) is 9.78. The molecule has 2 aliphatic rings. The van der Waals surface area contributed by atoms with E-state index in [0.717, 1.165) is 83.8 Å². The third kappa shape index (κ3) is 6.86. The summed E-state index contributed by atoms with van der Waals surface area (Å²) in [6, 6.07) is 15.8. The fourth-order valence-electron chi connectivity index (χ4n) is 7.09. The van der Waals surface area contributed by atoms with Crippen LogP contribution in [0.4, 0.5) is 4.79 Å². The van der Waals surface area contributed by atoms with E-state index >= 15 is 0 Å². The molecule has 48 heavy (non-hydrogen) atoms. The minimum Gasteiger partial charge on any atom is -0.469 e. The lowest BCUT2D eigenvalue weighted by atomic mass is 9.79. The number of H-pyrrole nitrogens is 2. The molecule has 1 saturated carbocycles. The van der Waals surface area contributed by atoms with E-state index in [1.54, 1.807) is 0 Å². The summed E-state index contributed by atoms with van der Waals surface area (Å²) in [6.45, 7) is 4.42. The van der Waals surface area contributed by atoms with Crippen LogP contribution in [0.1, 0.15) is 76.0 Å². The Kier molecular flexibility index (Phi) is 9.93. The van der Waals surface area contributed by atoms with E-state index in [0.29, 0.717) is 6.54 Å². The molecule has 3 heterocycles. The van der Waals surface area contributed by atoms with Gasteiger partial charge in [0.25, 0.3) is 0 Å². The Morgan fingerprint density at radius 3 is 1.92 bits per heavy atom. The van der Waals surface area contributed by atoms with Gasteiger partial charge < -0.3 is 29.7 Å². The normalized spacial score (nSPS) is 20.0. The van der Waals surface area contributed by atoms with Gasteiger partial charge in [-0.25, -0.2) is 14.8 Å². The average Bonchev–Trinajstić information content (AvgIpc) is 3.91. The maximum Gasteiger partial charge on any atom is 0.407 e. The van der Waals surface area contributed by atoms with Crippen LogP contribution in [0.3, 0.4) is 0 Å². The largest absolute Gasteiger partial charge is 0.469 e. The predicted molar refractivity (Wildman–Crippen MR) is 182 cm³/mol. The molecule has 0 unspecified atom stereocenters. The summed E-state index contributed by atoms with van der Waals surface area (Å²) in [7, 11) is 2.75. The number of amides is 2. The molecule has 2 amide bonds. The number of hydrogen-bond acceptors (Lipinski definition) is 7. The quantitative estimate of drug-likeness (QED) is 0.172. The van der Waals surface area contributed by atoms with Gasteiger partial charge in [0.1, 0.15) is 17.7 Å².